The minimum absolute atomic E-state index is 0.00619. The third-order valence-corrected chi connectivity index (χ3v) is 5.42. The molecular formula is C15H9BrN4O2Se. The van der Waals surface area contributed by atoms with E-state index in [1.165, 1.54) is 0 Å². The van der Waals surface area contributed by atoms with Crippen molar-refractivity contribution in [3.63, 3.8) is 0 Å². The Bertz CT molecular complexity index is 854. The topological polar surface area (TPSA) is 124 Å². The number of benzene rings is 1. The van der Waals surface area contributed by atoms with Crippen molar-refractivity contribution in [2.45, 2.75) is 5.32 Å². The molecule has 1 heterocycles. The van der Waals surface area contributed by atoms with E-state index in [4.69, 9.17) is 10.8 Å². The molecule has 0 radical (unpaired) electrons. The number of hydrogen-bond donors (Lipinski definition) is 2. The fourth-order valence-electron chi connectivity index (χ4n) is 1.94. The summed E-state index contributed by atoms with van der Waals surface area (Å²) in [6.45, 7) is 0. The number of pyridine rings is 1. The molecule has 0 aliphatic rings. The summed E-state index contributed by atoms with van der Waals surface area (Å²) in [5.74, 6) is -0.963. The Balaban J connectivity index is 2.71. The quantitative estimate of drug-likeness (QED) is 0.703. The molecule has 0 saturated heterocycles. The number of nitrogen functional groups attached to an aromatic ring is 1. The fourth-order valence-corrected chi connectivity index (χ4v) is 3.70. The van der Waals surface area contributed by atoms with Crippen LogP contribution in [0.1, 0.15) is 11.1 Å². The average Bonchev–Trinajstić information content (AvgIpc) is 2.53. The SMILES string of the molecule is N#Cc1c(N)nc([Se]CC(=O)O)c(C#N)c1-c1ccc(Br)cc1. The molecule has 0 bridgehead atoms. The second-order valence-corrected chi connectivity index (χ2v) is 7.28. The zero-order valence-corrected chi connectivity index (χ0v) is 14.9. The zero-order chi connectivity index (χ0) is 17.0. The van der Waals surface area contributed by atoms with Crippen molar-refractivity contribution in [2.75, 3.05) is 5.73 Å². The first kappa shape index (κ1) is 17.0. The Morgan fingerprint density at radius 2 is 1.87 bits per heavy atom. The van der Waals surface area contributed by atoms with Crippen LogP contribution in [-0.4, -0.2) is 31.0 Å². The number of nitrogens with two attached hydrogens (primary N) is 1. The molecule has 0 atom stereocenters. The Labute approximate surface area is 146 Å². The van der Waals surface area contributed by atoms with Crippen LogP contribution in [0.15, 0.2) is 28.7 Å². The Morgan fingerprint density at radius 1 is 1.26 bits per heavy atom. The van der Waals surface area contributed by atoms with Gasteiger partial charge in [0.15, 0.2) is 0 Å². The predicted molar refractivity (Wildman–Crippen MR) is 89.0 cm³/mol. The first-order valence-electron chi connectivity index (χ1n) is 6.22. The van der Waals surface area contributed by atoms with E-state index in [0.29, 0.717) is 15.7 Å². The zero-order valence-electron chi connectivity index (χ0n) is 11.6. The molecule has 0 saturated carbocycles. The Kier molecular flexibility index (Phi) is 5.36. The molecule has 0 amide bonds. The fraction of sp³-hybridized carbons (Fsp3) is 0.0667. The van der Waals surface area contributed by atoms with Crippen LogP contribution in [0.25, 0.3) is 11.1 Å². The molecule has 114 valence electrons. The van der Waals surface area contributed by atoms with Gasteiger partial charge in [-0.2, -0.15) is 0 Å². The molecule has 0 fully saturated rings. The number of anilines is 1. The van der Waals surface area contributed by atoms with E-state index < -0.39 is 20.9 Å². The van der Waals surface area contributed by atoms with Gasteiger partial charge >= 0.3 is 147 Å². The molecule has 8 heteroatoms. The van der Waals surface area contributed by atoms with Crippen molar-refractivity contribution in [1.29, 1.82) is 10.5 Å². The van der Waals surface area contributed by atoms with Gasteiger partial charge in [0.2, 0.25) is 0 Å². The molecule has 1 aromatic heterocycles. The van der Waals surface area contributed by atoms with Crippen molar-refractivity contribution in [2.24, 2.45) is 0 Å². The number of carboxylic acids is 1. The Hall–Kier alpha value is -2.38. The molecule has 0 spiro atoms. The van der Waals surface area contributed by atoms with E-state index in [2.05, 4.69) is 20.9 Å². The summed E-state index contributed by atoms with van der Waals surface area (Å²) < 4.78 is 1.20. The van der Waals surface area contributed by atoms with Crippen LogP contribution in [-0.2, 0) is 4.79 Å². The molecule has 2 aromatic rings. The number of rotatable bonds is 4. The number of nitrogens with zero attached hydrogens (tertiary/aromatic N) is 3. The van der Waals surface area contributed by atoms with Crippen molar-refractivity contribution in [3.05, 3.63) is 39.9 Å². The molecule has 23 heavy (non-hydrogen) atoms. The summed E-state index contributed by atoms with van der Waals surface area (Å²) >= 11 is 2.78. The molecule has 6 nitrogen and oxygen atoms in total. The third-order valence-electron chi connectivity index (χ3n) is 2.88. The second-order valence-electron chi connectivity index (χ2n) is 4.34. The van der Waals surface area contributed by atoms with Crippen molar-refractivity contribution in [1.82, 2.24) is 4.98 Å². The number of aromatic nitrogens is 1. The van der Waals surface area contributed by atoms with Gasteiger partial charge in [-0.3, -0.25) is 0 Å². The summed E-state index contributed by atoms with van der Waals surface area (Å²) in [5.41, 5.74) is 7.23. The van der Waals surface area contributed by atoms with Gasteiger partial charge in [-0.25, -0.2) is 0 Å². The summed E-state index contributed by atoms with van der Waals surface area (Å²) in [5, 5.41) is 27.6. The van der Waals surface area contributed by atoms with E-state index in [1.807, 2.05) is 12.1 Å². The molecule has 1 aromatic carbocycles. The summed E-state index contributed by atoms with van der Waals surface area (Å²) in [4.78, 5) is 14.9. The molecule has 0 unspecified atom stereocenters. The number of nitriles is 2. The van der Waals surface area contributed by atoms with Gasteiger partial charge in [-0.05, 0) is 0 Å². The van der Waals surface area contributed by atoms with Crippen LogP contribution in [0.5, 0.6) is 0 Å². The molecule has 3 N–H and O–H groups in total. The summed E-state index contributed by atoms with van der Waals surface area (Å²) in [7, 11) is 0. The first-order chi connectivity index (χ1) is 11.0. The van der Waals surface area contributed by atoms with Crippen LogP contribution in [0, 0.1) is 22.7 Å². The molecule has 2 rings (SSSR count). The third kappa shape index (κ3) is 3.69. The van der Waals surface area contributed by atoms with Crippen LogP contribution in [0.4, 0.5) is 5.82 Å². The minimum atomic E-state index is -0.969. The van der Waals surface area contributed by atoms with Gasteiger partial charge in [-0.15, -0.1) is 0 Å². The van der Waals surface area contributed by atoms with Gasteiger partial charge < -0.3 is 0 Å². The van der Waals surface area contributed by atoms with Gasteiger partial charge in [0.05, 0.1) is 0 Å². The van der Waals surface area contributed by atoms with Crippen molar-refractivity contribution >= 4 is 47.3 Å². The van der Waals surface area contributed by atoms with Crippen LogP contribution < -0.4 is 10.3 Å². The molecular weight excluding hydrogens is 427 g/mol. The number of hydrogen-bond acceptors (Lipinski definition) is 5. The van der Waals surface area contributed by atoms with Crippen LogP contribution >= 0.6 is 15.9 Å². The number of carbonyl (C=O) groups is 1. The molecule has 0 aliphatic heterocycles. The maximum absolute atomic E-state index is 10.8. The first-order valence-corrected chi connectivity index (χ1v) is 9.08. The van der Waals surface area contributed by atoms with Crippen molar-refractivity contribution in [3.8, 4) is 23.3 Å². The van der Waals surface area contributed by atoms with E-state index in [1.54, 1.807) is 24.3 Å². The van der Waals surface area contributed by atoms with Gasteiger partial charge in [0, 0.05) is 0 Å². The number of carboxylic acid groups (broad SMARTS) is 1. The normalized spacial score (nSPS) is 9.87. The Morgan fingerprint density at radius 3 is 2.39 bits per heavy atom. The predicted octanol–water partition coefficient (Wildman–Crippen LogP) is 1.67. The molecule has 0 aliphatic carbocycles. The van der Waals surface area contributed by atoms with E-state index in [0.717, 1.165) is 4.47 Å². The second kappa shape index (κ2) is 7.25. The maximum atomic E-state index is 10.8. The van der Waals surface area contributed by atoms with Crippen molar-refractivity contribution < 1.29 is 9.90 Å². The van der Waals surface area contributed by atoms with E-state index in [-0.39, 0.29) is 22.3 Å². The van der Waals surface area contributed by atoms with E-state index in [9.17, 15) is 15.3 Å². The summed E-state index contributed by atoms with van der Waals surface area (Å²) in [6, 6.07) is 11.1. The van der Waals surface area contributed by atoms with E-state index >= 15 is 0 Å². The monoisotopic (exact) mass is 436 g/mol. The average molecular weight is 436 g/mol. The van der Waals surface area contributed by atoms with Crippen LogP contribution in [0.3, 0.4) is 0 Å². The van der Waals surface area contributed by atoms with Gasteiger partial charge in [0.1, 0.15) is 0 Å². The summed E-state index contributed by atoms with van der Waals surface area (Å²) in [6.07, 6.45) is 0. The van der Waals surface area contributed by atoms with Gasteiger partial charge in [-0.1, -0.05) is 0 Å². The van der Waals surface area contributed by atoms with Gasteiger partial charge in [0.25, 0.3) is 0 Å². The standard InChI is InChI=1S/C15H9BrN4O2Se/c16-9-3-1-8(2-4-9)13-10(5-17)14(19)20-15(11(13)6-18)23-7-12(21)22/h1-4H,7H2,(H2,19,20)(H,21,22). The van der Waals surface area contributed by atoms with Crippen LogP contribution in [0.2, 0.25) is 5.32 Å². The number of aliphatic carboxylic acids is 1. The number of halogens is 1.